The van der Waals surface area contributed by atoms with Crippen LogP contribution in [0.2, 0.25) is 0 Å². The average Bonchev–Trinajstić information content (AvgIpc) is 2.69. The minimum atomic E-state index is -0.196. The highest BCUT2D eigenvalue weighted by Crippen LogP contribution is 2.14. The van der Waals surface area contributed by atoms with E-state index < -0.39 is 0 Å². The Labute approximate surface area is 174 Å². The highest BCUT2D eigenvalue weighted by molar-refractivity contribution is 5.89. The normalized spacial score (nSPS) is 12.4. The molecule has 0 aliphatic heterocycles. The van der Waals surface area contributed by atoms with Crippen molar-refractivity contribution in [1.82, 2.24) is 16.0 Å². The number of aliphatic imine (C=N–C) groups is 1. The Kier molecular flexibility index (Phi) is 8.52. The summed E-state index contributed by atoms with van der Waals surface area (Å²) in [6.07, 6.45) is 0. The van der Waals surface area contributed by atoms with Gasteiger partial charge < -0.3 is 21.3 Å². The topological polar surface area (TPSA) is 77.5 Å². The lowest BCUT2D eigenvalue weighted by Gasteiger charge is -2.17. The van der Waals surface area contributed by atoms with Gasteiger partial charge in [0.25, 0.3) is 0 Å². The van der Waals surface area contributed by atoms with E-state index in [-0.39, 0.29) is 12.1 Å². The van der Waals surface area contributed by atoms with Crippen LogP contribution < -0.4 is 21.3 Å². The summed E-state index contributed by atoms with van der Waals surface area (Å²) in [6.45, 7) is 9.61. The van der Waals surface area contributed by atoms with Crippen molar-refractivity contribution in [2.75, 3.05) is 18.9 Å². The van der Waals surface area contributed by atoms with Crippen LogP contribution in [0.3, 0.4) is 0 Å². The number of benzene rings is 2. The summed E-state index contributed by atoms with van der Waals surface area (Å²) in [6, 6.07) is 16.3. The molecule has 0 aromatic heterocycles. The zero-order valence-electron chi connectivity index (χ0n) is 18.0. The van der Waals surface area contributed by atoms with Crippen LogP contribution in [0.5, 0.6) is 0 Å². The Bertz CT molecular complexity index is 797. The van der Waals surface area contributed by atoms with Crippen LogP contribution in [-0.2, 0) is 6.54 Å². The molecular weight excluding hydrogens is 362 g/mol. The standard InChI is InChI=1S/C23H33N5O/c1-16(2)27-23(29)28-21-12-8-19(9-13-21)15-26-22(24-5)25-14-18(4)20-10-6-17(3)7-11-20/h6-13,16,18H,14-15H2,1-5H3,(H2,24,25,26)(H2,27,28,29). The van der Waals surface area contributed by atoms with Gasteiger partial charge in [-0.15, -0.1) is 0 Å². The Morgan fingerprint density at radius 1 is 0.966 bits per heavy atom. The number of nitrogens with zero attached hydrogens (tertiary/aromatic N) is 1. The van der Waals surface area contributed by atoms with Gasteiger partial charge >= 0.3 is 6.03 Å². The summed E-state index contributed by atoms with van der Waals surface area (Å²) < 4.78 is 0. The maximum atomic E-state index is 11.7. The van der Waals surface area contributed by atoms with E-state index in [9.17, 15) is 4.79 Å². The minimum Gasteiger partial charge on any atom is -0.356 e. The van der Waals surface area contributed by atoms with Gasteiger partial charge in [0, 0.05) is 31.9 Å². The van der Waals surface area contributed by atoms with Crippen molar-refractivity contribution in [3.05, 3.63) is 65.2 Å². The van der Waals surface area contributed by atoms with Crippen LogP contribution in [0, 0.1) is 6.92 Å². The van der Waals surface area contributed by atoms with Crippen molar-refractivity contribution in [2.45, 2.75) is 46.2 Å². The Balaban J connectivity index is 1.79. The van der Waals surface area contributed by atoms with E-state index in [1.807, 2.05) is 38.1 Å². The fourth-order valence-corrected chi connectivity index (χ4v) is 2.80. The molecule has 2 aromatic carbocycles. The molecule has 0 aliphatic rings. The van der Waals surface area contributed by atoms with Gasteiger partial charge in [0.1, 0.15) is 0 Å². The Morgan fingerprint density at radius 3 is 2.21 bits per heavy atom. The number of carbonyl (C=O) groups is 1. The van der Waals surface area contributed by atoms with E-state index in [0.29, 0.717) is 12.5 Å². The summed E-state index contributed by atoms with van der Waals surface area (Å²) in [5, 5.41) is 12.3. The molecule has 2 aromatic rings. The second-order valence-corrected chi connectivity index (χ2v) is 7.57. The summed E-state index contributed by atoms with van der Waals surface area (Å²) in [5.41, 5.74) is 4.45. The predicted molar refractivity (Wildman–Crippen MR) is 122 cm³/mol. The van der Waals surface area contributed by atoms with Crippen molar-refractivity contribution < 1.29 is 4.79 Å². The molecule has 6 nitrogen and oxygen atoms in total. The SMILES string of the molecule is CN=C(NCc1ccc(NC(=O)NC(C)C)cc1)NCC(C)c1ccc(C)cc1. The average molecular weight is 396 g/mol. The number of nitrogens with one attached hydrogen (secondary N) is 4. The van der Waals surface area contributed by atoms with E-state index in [1.54, 1.807) is 7.05 Å². The predicted octanol–water partition coefficient (Wildman–Crippen LogP) is 3.99. The molecule has 6 heteroatoms. The first-order valence-corrected chi connectivity index (χ1v) is 10.0. The Hall–Kier alpha value is -3.02. The van der Waals surface area contributed by atoms with Gasteiger partial charge in [0.05, 0.1) is 0 Å². The lowest BCUT2D eigenvalue weighted by molar-refractivity contribution is 0.250. The van der Waals surface area contributed by atoms with Crippen LogP contribution in [0.15, 0.2) is 53.5 Å². The largest absolute Gasteiger partial charge is 0.356 e. The molecule has 0 aliphatic carbocycles. The lowest BCUT2D eigenvalue weighted by Crippen LogP contribution is -2.38. The molecule has 2 amide bonds. The van der Waals surface area contributed by atoms with E-state index in [4.69, 9.17) is 0 Å². The number of amides is 2. The monoisotopic (exact) mass is 395 g/mol. The third-order valence-electron chi connectivity index (χ3n) is 4.54. The number of carbonyl (C=O) groups excluding carboxylic acids is 1. The van der Waals surface area contributed by atoms with Crippen LogP contribution >= 0.6 is 0 Å². The zero-order valence-corrected chi connectivity index (χ0v) is 18.0. The molecule has 0 saturated carbocycles. The molecule has 0 fully saturated rings. The van der Waals surface area contributed by atoms with Crippen molar-refractivity contribution >= 4 is 17.7 Å². The Morgan fingerprint density at radius 2 is 1.62 bits per heavy atom. The van der Waals surface area contributed by atoms with Crippen LogP contribution in [0.1, 0.15) is 43.4 Å². The first kappa shape index (κ1) is 22.3. The molecule has 0 bridgehead atoms. The number of anilines is 1. The molecule has 1 atom stereocenters. The molecule has 156 valence electrons. The second kappa shape index (κ2) is 11.1. The third-order valence-corrected chi connectivity index (χ3v) is 4.54. The van der Waals surface area contributed by atoms with Crippen molar-refractivity contribution in [1.29, 1.82) is 0 Å². The molecule has 1 unspecified atom stereocenters. The first-order chi connectivity index (χ1) is 13.9. The van der Waals surface area contributed by atoms with Crippen molar-refractivity contribution in [3.8, 4) is 0 Å². The second-order valence-electron chi connectivity index (χ2n) is 7.57. The molecular formula is C23H33N5O. The van der Waals surface area contributed by atoms with Gasteiger partial charge in [-0.3, -0.25) is 4.99 Å². The minimum absolute atomic E-state index is 0.103. The lowest BCUT2D eigenvalue weighted by atomic mass is 10.0. The molecule has 0 heterocycles. The van der Waals surface area contributed by atoms with E-state index in [1.165, 1.54) is 11.1 Å². The number of rotatable bonds is 7. The number of urea groups is 1. The molecule has 29 heavy (non-hydrogen) atoms. The molecule has 4 N–H and O–H groups in total. The first-order valence-electron chi connectivity index (χ1n) is 10.0. The van der Waals surface area contributed by atoms with Crippen LogP contribution in [-0.4, -0.2) is 31.6 Å². The van der Waals surface area contributed by atoms with Gasteiger partial charge in [-0.1, -0.05) is 48.9 Å². The number of hydrogen-bond donors (Lipinski definition) is 4. The summed E-state index contributed by atoms with van der Waals surface area (Å²) in [7, 11) is 1.77. The van der Waals surface area contributed by atoms with Crippen molar-refractivity contribution in [3.63, 3.8) is 0 Å². The summed E-state index contributed by atoms with van der Waals surface area (Å²) in [5.74, 6) is 1.15. The van der Waals surface area contributed by atoms with Crippen LogP contribution in [0.4, 0.5) is 10.5 Å². The van der Waals surface area contributed by atoms with Gasteiger partial charge in [-0.05, 0) is 49.9 Å². The molecule has 2 rings (SSSR count). The van der Waals surface area contributed by atoms with E-state index >= 15 is 0 Å². The molecule has 0 spiro atoms. The number of hydrogen-bond acceptors (Lipinski definition) is 2. The highest BCUT2D eigenvalue weighted by atomic mass is 16.2. The van der Waals surface area contributed by atoms with Crippen LogP contribution in [0.25, 0.3) is 0 Å². The van der Waals surface area contributed by atoms with E-state index in [0.717, 1.165) is 23.8 Å². The summed E-state index contributed by atoms with van der Waals surface area (Å²) in [4.78, 5) is 16.0. The van der Waals surface area contributed by atoms with Crippen molar-refractivity contribution in [2.24, 2.45) is 4.99 Å². The highest BCUT2D eigenvalue weighted by Gasteiger charge is 2.07. The van der Waals surface area contributed by atoms with E-state index in [2.05, 4.69) is 64.4 Å². The fourth-order valence-electron chi connectivity index (χ4n) is 2.80. The molecule has 0 radical (unpaired) electrons. The third kappa shape index (κ3) is 7.86. The van der Waals surface area contributed by atoms with Gasteiger partial charge in [0.15, 0.2) is 5.96 Å². The van der Waals surface area contributed by atoms with Gasteiger partial charge in [0.2, 0.25) is 0 Å². The van der Waals surface area contributed by atoms with Gasteiger partial charge in [-0.2, -0.15) is 0 Å². The summed E-state index contributed by atoms with van der Waals surface area (Å²) >= 11 is 0. The zero-order chi connectivity index (χ0) is 21.2. The van der Waals surface area contributed by atoms with Gasteiger partial charge in [-0.25, -0.2) is 4.79 Å². The maximum Gasteiger partial charge on any atom is 0.319 e. The fraction of sp³-hybridized carbons (Fsp3) is 0.391. The smallest absolute Gasteiger partial charge is 0.319 e. The number of guanidine groups is 1. The molecule has 0 saturated heterocycles. The number of aryl methyl sites for hydroxylation is 1. The maximum absolute atomic E-state index is 11.7. The quantitative estimate of drug-likeness (QED) is 0.423.